The van der Waals surface area contributed by atoms with Gasteiger partial charge in [0.25, 0.3) is 0 Å². The van der Waals surface area contributed by atoms with Crippen molar-refractivity contribution in [1.29, 1.82) is 0 Å². The second kappa shape index (κ2) is 6.68. The fourth-order valence-electron chi connectivity index (χ4n) is 1.70. The molecule has 5 heteroatoms. The van der Waals surface area contributed by atoms with E-state index in [9.17, 15) is 4.79 Å². The number of carbonyl (C=O) groups excluding carboxylic acids is 1. The summed E-state index contributed by atoms with van der Waals surface area (Å²) in [6.07, 6.45) is 2.94. The molecule has 1 aromatic carbocycles. The molecule has 0 atom stereocenters. The number of halogens is 1. The first-order chi connectivity index (χ1) is 9.15. The number of thiazole rings is 1. The molecule has 0 fully saturated rings. The predicted octanol–water partition coefficient (Wildman–Crippen LogP) is 3.01. The Kier molecular flexibility index (Phi) is 4.93. The van der Waals surface area contributed by atoms with E-state index < -0.39 is 0 Å². The lowest BCUT2D eigenvalue weighted by Gasteiger charge is -2.05. The van der Waals surface area contributed by atoms with Crippen molar-refractivity contribution < 1.29 is 4.79 Å². The quantitative estimate of drug-likeness (QED) is 0.921. The molecule has 1 amide bonds. The van der Waals surface area contributed by atoms with Crippen LogP contribution in [-0.2, 0) is 17.6 Å². The van der Waals surface area contributed by atoms with Crippen molar-refractivity contribution in [1.82, 2.24) is 10.3 Å². The van der Waals surface area contributed by atoms with E-state index in [0.717, 1.165) is 17.0 Å². The van der Waals surface area contributed by atoms with E-state index in [0.29, 0.717) is 18.0 Å². The lowest BCUT2D eigenvalue weighted by Crippen LogP contribution is -2.27. The van der Waals surface area contributed by atoms with E-state index in [2.05, 4.69) is 10.3 Å². The first-order valence-corrected chi connectivity index (χ1v) is 7.26. The minimum atomic E-state index is -0.0126. The van der Waals surface area contributed by atoms with E-state index in [1.165, 1.54) is 4.88 Å². The van der Waals surface area contributed by atoms with E-state index >= 15 is 0 Å². The summed E-state index contributed by atoms with van der Waals surface area (Å²) in [5.41, 5.74) is 0.853. The van der Waals surface area contributed by atoms with Crippen molar-refractivity contribution in [2.24, 2.45) is 0 Å². The fraction of sp³-hybridized carbons (Fsp3) is 0.286. The molecule has 2 aromatic rings. The van der Waals surface area contributed by atoms with E-state index in [1.54, 1.807) is 17.4 Å². The molecule has 1 heterocycles. The standard InChI is InChI=1S/C14H15ClN2OS/c1-10-9-17-14(19-10)6-7-16-13(18)8-11-4-2-3-5-12(11)15/h2-5,9H,6-8H2,1H3,(H,16,18). The van der Waals surface area contributed by atoms with Crippen LogP contribution in [0.2, 0.25) is 5.02 Å². The van der Waals surface area contributed by atoms with Crippen LogP contribution in [0.25, 0.3) is 0 Å². The van der Waals surface area contributed by atoms with Gasteiger partial charge in [-0.05, 0) is 18.6 Å². The van der Waals surface area contributed by atoms with Gasteiger partial charge in [-0.25, -0.2) is 4.98 Å². The summed E-state index contributed by atoms with van der Waals surface area (Å²) in [6.45, 7) is 2.63. The molecule has 1 aromatic heterocycles. The number of nitrogens with zero attached hydrogens (tertiary/aromatic N) is 1. The maximum Gasteiger partial charge on any atom is 0.224 e. The number of benzene rings is 1. The Labute approximate surface area is 121 Å². The largest absolute Gasteiger partial charge is 0.355 e. The Balaban J connectivity index is 1.77. The molecule has 0 aliphatic rings. The van der Waals surface area contributed by atoms with E-state index in [4.69, 9.17) is 11.6 Å². The van der Waals surface area contributed by atoms with Crippen molar-refractivity contribution in [2.75, 3.05) is 6.54 Å². The van der Waals surface area contributed by atoms with Gasteiger partial charge in [-0.3, -0.25) is 4.79 Å². The smallest absolute Gasteiger partial charge is 0.224 e. The summed E-state index contributed by atoms with van der Waals surface area (Å²) in [4.78, 5) is 17.2. The summed E-state index contributed by atoms with van der Waals surface area (Å²) in [6, 6.07) is 7.40. The summed E-state index contributed by atoms with van der Waals surface area (Å²) in [5.74, 6) is -0.0126. The lowest BCUT2D eigenvalue weighted by atomic mass is 10.1. The van der Waals surface area contributed by atoms with Crippen molar-refractivity contribution in [2.45, 2.75) is 19.8 Å². The molecular formula is C14H15ClN2OS. The van der Waals surface area contributed by atoms with Gasteiger partial charge in [-0.1, -0.05) is 29.8 Å². The lowest BCUT2D eigenvalue weighted by molar-refractivity contribution is -0.120. The maximum atomic E-state index is 11.8. The number of aromatic nitrogens is 1. The molecule has 0 bridgehead atoms. The van der Waals surface area contributed by atoms with Crippen molar-refractivity contribution in [3.8, 4) is 0 Å². The summed E-state index contributed by atoms with van der Waals surface area (Å²) >= 11 is 7.67. The molecule has 3 nitrogen and oxygen atoms in total. The Morgan fingerprint density at radius 1 is 1.42 bits per heavy atom. The number of hydrogen-bond donors (Lipinski definition) is 1. The van der Waals surface area contributed by atoms with Crippen LogP contribution in [0.5, 0.6) is 0 Å². The molecule has 19 heavy (non-hydrogen) atoms. The molecule has 100 valence electrons. The molecule has 0 saturated heterocycles. The van der Waals surface area contributed by atoms with Gasteiger partial charge in [0.15, 0.2) is 0 Å². The van der Waals surface area contributed by atoms with Crippen molar-refractivity contribution >= 4 is 28.8 Å². The summed E-state index contributed by atoms with van der Waals surface area (Å²) in [7, 11) is 0. The molecule has 0 unspecified atom stereocenters. The highest BCUT2D eigenvalue weighted by atomic mass is 35.5. The molecule has 2 rings (SSSR count). The van der Waals surface area contributed by atoms with Gasteiger partial charge in [0, 0.05) is 29.1 Å². The highest BCUT2D eigenvalue weighted by Gasteiger charge is 2.06. The number of carbonyl (C=O) groups is 1. The van der Waals surface area contributed by atoms with Crippen LogP contribution in [-0.4, -0.2) is 17.4 Å². The average molecular weight is 295 g/mol. The molecule has 0 spiro atoms. The minimum Gasteiger partial charge on any atom is -0.355 e. The first-order valence-electron chi connectivity index (χ1n) is 6.06. The van der Waals surface area contributed by atoms with Gasteiger partial charge in [0.1, 0.15) is 0 Å². The number of aryl methyl sites for hydroxylation is 1. The van der Waals surface area contributed by atoms with Gasteiger partial charge in [-0.2, -0.15) is 0 Å². The molecule has 0 aliphatic heterocycles. The van der Waals surface area contributed by atoms with Crippen LogP contribution in [0.4, 0.5) is 0 Å². The second-order valence-electron chi connectivity index (χ2n) is 4.23. The number of amides is 1. The molecule has 0 saturated carbocycles. The van der Waals surface area contributed by atoms with Crippen LogP contribution in [0.15, 0.2) is 30.5 Å². The van der Waals surface area contributed by atoms with Gasteiger partial charge < -0.3 is 5.32 Å². The number of nitrogens with one attached hydrogen (secondary N) is 1. The SMILES string of the molecule is Cc1cnc(CCNC(=O)Cc2ccccc2Cl)s1. The highest BCUT2D eigenvalue weighted by molar-refractivity contribution is 7.11. The number of rotatable bonds is 5. The monoisotopic (exact) mass is 294 g/mol. The topological polar surface area (TPSA) is 42.0 Å². The Morgan fingerprint density at radius 3 is 2.89 bits per heavy atom. The van der Waals surface area contributed by atoms with Crippen molar-refractivity contribution in [3.05, 3.63) is 50.9 Å². The predicted molar refractivity (Wildman–Crippen MR) is 78.7 cm³/mol. The van der Waals surface area contributed by atoms with Crippen molar-refractivity contribution in [3.63, 3.8) is 0 Å². The zero-order chi connectivity index (χ0) is 13.7. The Morgan fingerprint density at radius 2 is 2.21 bits per heavy atom. The molecule has 0 radical (unpaired) electrons. The van der Waals surface area contributed by atoms with E-state index in [1.807, 2.05) is 31.3 Å². The minimum absolute atomic E-state index is 0.0126. The molecular weight excluding hydrogens is 280 g/mol. The van der Waals surface area contributed by atoms with Gasteiger partial charge in [-0.15, -0.1) is 11.3 Å². The van der Waals surface area contributed by atoms with Gasteiger partial charge >= 0.3 is 0 Å². The Bertz CT molecular complexity index is 568. The normalized spacial score (nSPS) is 10.4. The summed E-state index contributed by atoms with van der Waals surface area (Å²) < 4.78 is 0. The third-order valence-corrected chi connectivity index (χ3v) is 3.98. The summed E-state index contributed by atoms with van der Waals surface area (Å²) in [5, 5.41) is 4.57. The first kappa shape index (κ1) is 14.0. The maximum absolute atomic E-state index is 11.8. The zero-order valence-corrected chi connectivity index (χ0v) is 12.2. The molecule has 1 N–H and O–H groups in total. The molecule has 0 aliphatic carbocycles. The van der Waals surface area contributed by atoms with Crippen LogP contribution < -0.4 is 5.32 Å². The Hall–Kier alpha value is -1.39. The van der Waals surface area contributed by atoms with Crippen LogP contribution in [0.1, 0.15) is 15.4 Å². The van der Waals surface area contributed by atoms with Crippen LogP contribution in [0.3, 0.4) is 0 Å². The third kappa shape index (κ3) is 4.33. The van der Waals surface area contributed by atoms with Gasteiger partial charge in [0.2, 0.25) is 5.91 Å². The highest BCUT2D eigenvalue weighted by Crippen LogP contribution is 2.15. The van der Waals surface area contributed by atoms with Gasteiger partial charge in [0.05, 0.1) is 11.4 Å². The zero-order valence-electron chi connectivity index (χ0n) is 10.6. The van der Waals surface area contributed by atoms with E-state index in [-0.39, 0.29) is 5.91 Å². The average Bonchev–Trinajstić information content (AvgIpc) is 2.78. The third-order valence-electron chi connectivity index (χ3n) is 2.64. The fourth-order valence-corrected chi connectivity index (χ4v) is 2.69. The second-order valence-corrected chi connectivity index (χ2v) is 5.96. The van der Waals surface area contributed by atoms with Crippen LogP contribution in [0, 0.1) is 6.92 Å². The number of hydrogen-bond acceptors (Lipinski definition) is 3. The van der Waals surface area contributed by atoms with Crippen LogP contribution >= 0.6 is 22.9 Å².